The normalized spacial score (nSPS) is 11.7. The molecule has 154 valence electrons. The fourth-order valence-corrected chi connectivity index (χ4v) is 3.22. The van der Waals surface area contributed by atoms with Gasteiger partial charge in [0.2, 0.25) is 0 Å². The molecular formula is C20H20F3N3O2S. The summed E-state index contributed by atoms with van der Waals surface area (Å²) in [5.74, 6) is 0.252. The summed E-state index contributed by atoms with van der Waals surface area (Å²) >= 11 is 1.10. The van der Waals surface area contributed by atoms with Crippen molar-refractivity contribution < 1.29 is 22.7 Å². The van der Waals surface area contributed by atoms with E-state index in [9.17, 15) is 23.2 Å². The number of aryl methyl sites for hydroxylation is 1. The Morgan fingerprint density at radius 3 is 2.76 bits per heavy atom. The van der Waals surface area contributed by atoms with Gasteiger partial charge in [0.15, 0.2) is 0 Å². The maximum absolute atomic E-state index is 12.2. The molecule has 1 aromatic heterocycles. The number of nitriles is 1. The van der Waals surface area contributed by atoms with E-state index < -0.39 is 18.5 Å². The van der Waals surface area contributed by atoms with E-state index in [0.29, 0.717) is 40.1 Å². The van der Waals surface area contributed by atoms with Gasteiger partial charge in [-0.05, 0) is 31.0 Å². The van der Waals surface area contributed by atoms with Gasteiger partial charge in [-0.25, -0.2) is 4.98 Å². The van der Waals surface area contributed by atoms with E-state index in [0.717, 1.165) is 23.6 Å². The highest BCUT2D eigenvalue weighted by atomic mass is 32.1. The quantitative estimate of drug-likeness (QED) is 0.662. The first kappa shape index (κ1) is 22.4. The van der Waals surface area contributed by atoms with Gasteiger partial charge in [0, 0.05) is 11.8 Å². The van der Waals surface area contributed by atoms with Gasteiger partial charge in [-0.15, -0.1) is 11.3 Å². The number of ether oxygens (including phenoxy) is 1. The molecule has 0 saturated carbocycles. The van der Waals surface area contributed by atoms with Crippen molar-refractivity contribution in [3.63, 3.8) is 0 Å². The fraction of sp³-hybridized carbons (Fsp3) is 0.350. The molecular weight excluding hydrogens is 403 g/mol. The lowest BCUT2D eigenvalue weighted by molar-refractivity contribution is -0.125. The van der Waals surface area contributed by atoms with Gasteiger partial charge in [0.1, 0.15) is 21.7 Å². The number of halogens is 3. The number of carbonyl (C=O) groups excluding carboxylic acids is 1. The Bertz CT molecular complexity index is 943. The average Bonchev–Trinajstić information content (AvgIpc) is 3.04. The molecule has 1 aromatic carbocycles. The molecule has 0 atom stereocenters. The zero-order valence-electron chi connectivity index (χ0n) is 16.1. The zero-order chi connectivity index (χ0) is 21.6. The molecule has 0 spiro atoms. The minimum Gasteiger partial charge on any atom is -0.492 e. The van der Waals surface area contributed by atoms with Crippen LogP contribution in [-0.4, -0.2) is 23.7 Å². The minimum atomic E-state index is -4.32. The third-order valence-corrected chi connectivity index (χ3v) is 4.81. The fourth-order valence-electron chi connectivity index (χ4n) is 2.26. The predicted octanol–water partition coefficient (Wildman–Crippen LogP) is 5.22. The summed E-state index contributed by atoms with van der Waals surface area (Å²) in [7, 11) is 0. The van der Waals surface area contributed by atoms with Crippen molar-refractivity contribution in [1.82, 2.24) is 10.3 Å². The molecule has 0 radical (unpaired) electrons. The Morgan fingerprint density at radius 2 is 2.14 bits per heavy atom. The molecule has 1 heterocycles. The monoisotopic (exact) mass is 423 g/mol. The van der Waals surface area contributed by atoms with Crippen molar-refractivity contribution in [3.05, 3.63) is 46.6 Å². The molecule has 5 nitrogen and oxygen atoms in total. The summed E-state index contributed by atoms with van der Waals surface area (Å²) in [6.45, 7) is 6.13. The van der Waals surface area contributed by atoms with Crippen molar-refractivity contribution in [2.75, 3.05) is 6.61 Å². The first-order valence-electron chi connectivity index (χ1n) is 8.78. The number of hydrogen-bond donors (Lipinski definition) is 1. The Kier molecular flexibility index (Phi) is 7.40. The molecule has 1 N–H and O–H groups in total. The van der Waals surface area contributed by atoms with Crippen molar-refractivity contribution in [2.24, 2.45) is 5.92 Å². The van der Waals surface area contributed by atoms with E-state index in [-0.39, 0.29) is 4.88 Å². The number of benzene rings is 1. The maximum Gasteiger partial charge on any atom is 0.392 e. The van der Waals surface area contributed by atoms with Crippen LogP contribution < -0.4 is 10.1 Å². The molecule has 1 amide bonds. The molecule has 0 aliphatic carbocycles. The smallest absolute Gasteiger partial charge is 0.392 e. The van der Waals surface area contributed by atoms with Crippen molar-refractivity contribution >= 4 is 17.2 Å². The Balaban J connectivity index is 2.17. The van der Waals surface area contributed by atoms with Crippen LogP contribution in [0.4, 0.5) is 13.2 Å². The molecule has 2 aromatic rings. The molecule has 0 bridgehead atoms. The average molecular weight is 423 g/mol. The second kappa shape index (κ2) is 9.56. The summed E-state index contributed by atoms with van der Waals surface area (Å²) in [5.41, 5.74) is 1.46. The molecule has 29 heavy (non-hydrogen) atoms. The van der Waals surface area contributed by atoms with Crippen LogP contribution in [0.2, 0.25) is 0 Å². The number of alkyl halides is 3. The number of nitrogens with zero attached hydrogens (tertiary/aromatic N) is 2. The lowest BCUT2D eigenvalue weighted by atomic mass is 10.1. The van der Waals surface area contributed by atoms with Gasteiger partial charge in [-0.3, -0.25) is 4.79 Å². The number of aromatic nitrogens is 1. The van der Waals surface area contributed by atoms with Crippen LogP contribution >= 0.6 is 11.3 Å². The number of amides is 1. The van der Waals surface area contributed by atoms with Crippen LogP contribution in [0.5, 0.6) is 5.75 Å². The van der Waals surface area contributed by atoms with Crippen LogP contribution in [0.1, 0.15) is 41.2 Å². The van der Waals surface area contributed by atoms with Crippen LogP contribution in [0, 0.1) is 24.2 Å². The van der Waals surface area contributed by atoms with Crippen LogP contribution in [0.3, 0.4) is 0 Å². The number of thiazole rings is 1. The number of allylic oxidation sites excluding steroid dienone is 1. The highest BCUT2D eigenvalue weighted by Gasteiger charge is 2.24. The molecule has 0 fully saturated rings. The summed E-state index contributed by atoms with van der Waals surface area (Å²) < 4.78 is 42.0. The highest BCUT2D eigenvalue weighted by Crippen LogP contribution is 2.31. The summed E-state index contributed by atoms with van der Waals surface area (Å²) in [4.78, 5) is 16.9. The molecule has 0 unspecified atom stereocenters. The minimum absolute atomic E-state index is 0.287. The highest BCUT2D eigenvalue weighted by molar-refractivity contribution is 7.17. The predicted molar refractivity (Wildman–Crippen MR) is 105 cm³/mol. The van der Waals surface area contributed by atoms with Gasteiger partial charge < -0.3 is 10.1 Å². The molecule has 9 heteroatoms. The number of rotatable bonds is 7. The van der Waals surface area contributed by atoms with Crippen molar-refractivity contribution in [3.8, 4) is 22.4 Å². The number of hydrogen-bond acceptors (Lipinski definition) is 5. The lowest BCUT2D eigenvalue weighted by Gasteiger charge is -2.10. The second-order valence-corrected chi connectivity index (χ2v) is 7.66. The largest absolute Gasteiger partial charge is 0.492 e. The first-order chi connectivity index (χ1) is 13.6. The summed E-state index contributed by atoms with van der Waals surface area (Å²) in [6.07, 6.45) is -3.63. The topological polar surface area (TPSA) is 75.0 Å². The van der Waals surface area contributed by atoms with E-state index in [1.807, 2.05) is 13.8 Å². The second-order valence-electron chi connectivity index (χ2n) is 6.66. The van der Waals surface area contributed by atoms with Crippen LogP contribution in [-0.2, 0) is 0 Å². The standard InChI is InChI=1S/C20H20F3N3O2S/c1-12(2)11-28-16-6-5-14(9-15(16)10-24)19-26-13(3)17(29-19)18(27)25-8-4-7-20(21,22)23/h4-6,8-9,12H,7,11H2,1-3H3,(H,25,27)/b8-4-. The van der Waals surface area contributed by atoms with Crippen LogP contribution in [0.25, 0.3) is 10.6 Å². The van der Waals surface area contributed by atoms with Crippen LogP contribution in [0.15, 0.2) is 30.5 Å². The lowest BCUT2D eigenvalue weighted by Crippen LogP contribution is -2.17. The molecule has 0 aliphatic heterocycles. The van der Waals surface area contributed by atoms with E-state index >= 15 is 0 Å². The molecule has 2 rings (SSSR count). The molecule has 0 aliphatic rings. The van der Waals surface area contributed by atoms with E-state index in [2.05, 4.69) is 16.4 Å². The Labute approximate surface area is 170 Å². The first-order valence-corrected chi connectivity index (χ1v) is 9.59. The maximum atomic E-state index is 12.2. The van der Waals surface area contributed by atoms with Gasteiger partial charge in [0.05, 0.1) is 24.3 Å². The summed E-state index contributed by atoms with van der Waals surface area (Å²) in [6, 6.07) is 7.17. The van der Waals surface area contributed by atoms with Crippen molar-refractivity contribution in [1.29, 1.82) is 5.26 Å². The van der Waals surface area contributed by atoms with Crippen molar-refractivity contribution in [2.45, 2.75) is 33.4 Å². The van der Waals surface area contributed by atoms with E-state index in [4.69, 9.17) is 4.74 Å². The third kappa shape index (κ3) is 6.61. The van der Waals surface area contributed by atoms with Gasteiger partial charge in [-0.1, -0.05) is 19.9 Å². The Morgan fingerprint density at radius 1 is 1.41 bits per heavy atom. The SMILES string of the molecule is Cc1nc(-c2ccc(OCC(C)C)c(C#N)c2)sc1C(=O)N/C=C\CC(F)(F)F. The Hall–Kier alpha value is -2.86. The number of nitrogens with one attached hydrogen (secondary N) is 1. The zero-order valence-corrected chi connectivity index (χ0v) is 16.9. The van der Waals surface area contributed by atoms with Gasteiger partial charge in [-0.2, -0.15) is 18.4 Å². The van der Waals surface area contributed by atoms with E-state index in [1.165, 1.54) is 0 Å². The summed E-state index contributed by atoms with van der Waals surface area (Å²) in [5, 5.41) is 12.2. The van der Waals surface area contributed by atoms with E-state index in [1.54, 1.807) is 25.1 Å². The third-order valence-electron chi connectivity index (χ3n) is 3.60. The van der Waals surface area contributed by atoms with Gasteiger partial charge in [0.25, 0.3) is 5.91 Å². The van der Waals surface area contributed by atoms with Gasteiger partial charge >= 0.3 is 6.18 Å². The number of carbonyl (C=O) groups is 1. The molecule has 0 saturated heterocycles.